The molecule has 0 atom stereocenters. The van der Waals surface area contributed by atoms with Gasteiger partial charge in [0, 0.05) is 12.1 Å². The van der Waals surface area contributed by atoms with Gasteiger partial charge in [-0.05, 0) is 36.6 Å². The van der Waals surface area contributed by atoms with Gasteiger partial charge in [0.15, 0.2) is 11.6 Å². The minimum Gasteiger partial charge on any atom is -0.388 e. The molecular formula is C14H18FN3O. The summed E-state index contributed by atoms with van der Waals surface area (Å²) in [5, 5.41) is 17.4. The molecule has 0 radical (unpaired) electrons. The van der Waals surface area contributed by atoms with Crippen molar-refractivity contribution < 1.29 is 9.50 Å². The van der Waals surface area contributed by atoms with Crippen molar-refractivity contribution in [3.8, 4) is 11.4 Å². The fraction of sp³-hybridized carbons (Fsp3) is 0.429. The molecule has 0 saturated heterocycles. The summed E-state index contributed by atoms with van der Waals surface area (Å²) in [7, 11) is 0. The van der Waals surface area contributed by atoms with Crippen LogP contribution in [0.25, 0.3) is 11.4 Å². The van der Waals surface area contributed by atoms with Crippen molar-refractivity contribution in [1.29, 1.82) is 0 Å². The Kier molecular flexibility index (Phi) is 3.95. The van der Waals surface area contributed by atoms with E-state index in [1.165, 1.54) is 6.07 Å². The lowest BCUT2D eigenvalue weighted by molar-refractivity contribution is 0.262. The number of aliphatic hydroxyl groups excluding tert-OH is 1. The predicted molar refractivity (Wildman–Crippen MR) is 70.9 cm³/mol. The Labute approximate surface area is 111 Å². The third-order valence-corrected chi connectivity index (χ3v) is 2.93. The molecule has 0 unspecified atom stereocenters. The van der Waals surface area contributed by atoms with Gasteiger partial charge in [0.1, 0.15) is 12.4 Å². The first-order valence-corrected chi connectivity index (χ1v) is 6.32. The third-order valence-electron chi connectivity index (χ3n) is 2.93. The molecule has 1 heterocycles. The Balaban J connectivity index is 2.48. The highest BCUT2D eigenvalue weighted by molar-refractivity contribution is 5.56. The van der Waals surface area contributed by atoms with Crippen LogP contribution in [0.2, 0.25) is 0 Å². The zero-order chi connectivity index (χ0) is 14.0. The van der Waals surface area contributed by atoms with E-state index in [0.29, 0.717) is 29.7 Å². The van der Waals surface area contributed by atoms with Crippen LogP contribution >= 0.6 is 0 Å². The third kappa shape index (κ3) is 2.81. The summed E-state index contributed by atoms with van der Waals surface area (Å²) in [6.45, 7) is 6.45. The zero-order valence-electron chi connectivity index (χ0n) is 11.4. The topological polar surface area (TPSA) is 50.9 Å². The number of aliphatic hydroxyl groups is 1. The number of hydrogen-bond acceptors (Lipinski definition) is 3. The van der Waals surface area contributed by atoms with Crippen LogP contribution in [0.4, 0.5) is 4.39 Å². The van der Waals surface area contributed by atoms with Crippen LogP contribution in [0.3, 0.4) is 0 Å². The number of halogens is 1. The summed E-state index contributed by atoms with van der Waals surface area (Å²) in [6, 6.07) is 4.86. The fourth-order valence-corrected chi connectivity index (χ4v) is 2.01. The van der Waals surface area contributed by atoms with Crippen molar-refractivity contribution in [2.45, 2.75) is 33.9 Å². The number of aromatic nitrogens is 3. The van der Waals surface area contributed by atoms with E-state index >= 15 is 0 Å². The number of aryl methyl sites for hydroxylation is 1. The Morgan fingerprint density at radius 3 is 2.63 bits per heavy atom. The summed E-state index contributed by atoms with van der Waals surface area (Å²) in [6.07, 6.45) is 0. The first-order valence-electron chi connectivity index (χ1n) is 6.32. The lowest BCUT2D eigenvalue weighted by Crippen LogP contribution is -2.10. The molecule has 1 N–H and O–H groups in total. The van der Waals surface area contributed by atoms with Gasteiger partial charge >= 0.3 is 0 Å². The molecule has 0 aliphatic rings. The van der Waals surface area contributed by atoms with E-state index < -0.39 is 0 Å². The number of benzene rings is 1. The molecule has 2 rings (SSSR count). The van der Waals surface area contributed by atoms with E-state index in [-0.39, 0.29) is 12.4 Å². The SMILES string of the molecule is Cc1cc(-c2nnc(CO)n2CC(C)C)ccc1F. The van der Waals surface area contributed by atoms with E-state index in [0.717, 1.165) is 5.56 Å². The van der Waals surface area contributed by atoms with E-state index in [1.807, 2.05) is 4.57 Å². The van der Waals surface area contributed by atoms with Crippen molar-refractivity contribution >= 4 is 0 Å². The minimum atomic E-state index is -0.235. The molecule has 1 aromatic heterocycles. The maximum Gasteiger partial charge on any atom is 0.164 e. The molecule has 5 heteroatoms. The Morgan fingerprint density at radius 2 is 2.05 bits per heavy atom. The Morgan fingerprint density at radius 1 is 1.32 bits per heavy atom. The molecule has 0 fully saturated rings. The minimum absolute atomic E-state index is 0.153. The van der Waals surface area contributed by atoms with Crippen LogP contribution in [-0.2, 0) is 13.2 Å². The van der Waals surface area contributed by atoms with Crippen LogP contribution < -0.4 is 0 Å². The van der Waals surface area contributed by atoms with Gasteiger partial charge < -0.3 is 9.67 Å². The maximum absolute atomic E-state index is 13.3. The van der Waals surface area contributed by atoms with Gasteiger partial charge in [-0.1, -0.05) is 13.8 Å². The highest BCUT2D eigenvalue weighted by Crippen LogP contribution is 2.22. The van der Waals surface area contributed by atoms with E-state index in [2.05, 4.69) is 24.0 Å². The second-order valence-electron chi connectivity index (χ2n) is 5.07. The number of rotatable bonds is 4. The first kappa shape index (κ1) is 13.7. The van der Waals surface area contributed by atoms with E-state index in [9.17, 15) is 9.50 Å². The summed E-state index contributed by atoms with van der Waals surface area (Å²) >= 11 is 0. The average molecular weight is 263 g/mol. The molecule has 0 amide bonds. The zero-order valence-corrected chi connectivity index (χ0v) is 11.4. The summed E-state index contributed by atoms with van der Waals surface area (Å²) in [5.41, 5.74) is 1.38. The lowest BCUT2D eigenvalue weighted by Gasteiger charge is -2.12. The molecule has 1 aromatic carbocycles. The van der Waals surface area contributed by atoms with Crippen LogP contribution in [-0.4, -0.2) is 19.9 Å². The normalized spacial score (nSPS) is 11.3. The average Bonchev–Trinajstić information content (AvgIpc) is 2.75. The Bertz CT molecular complexity index is 578. The van der Waals surface area contributed by atoms with Gasteiger partial charge in [-0.2, -0.15) is 0 Å². The Hall–Kier alpha value is -1.75. The lowest BCUT2D eigenvalue weighted by atomic mass is 10.1. The summed E-state index contributed by atoms with van der Waals surface area (Å²) < 4.78 is 15.2. The standard InChI is InChI=1S/C14H18FN3O/c1-9(2)7-18-13(8-19)16-17-14(18)11-4-5-12(15)10(3)6-11/h4-6,9,19H,7-8H2,1-3H3. The van der Waals surface area contributed by atoms with Gasteiger partial charge in [0.2, 0.25) is 0 Å². The first-order chi connectivity index (χ1) is 9.02. The highest BCUT2D eigenvalue weighted by atomic mass is 19.1. The quantitative estimate of drug-likeness (QED) is 0.922. The van der Waals surface area contributed by atoms with E-state index in [1.54, 1.807) is 19.1 Å². The molecule has 2 aromatic rings. The van der Waals surface area contributed by atoms with Gasteiger partial charge in [-0.3, -0.25) is 0 Å². The highest BCUT2D eigenvalue weighted by Gasteiger charge is 2.14. The molecule has 0 aliphatic carbocycles. The van der Waals surface area contributed by atoms with E-state index in [4.69, 9.17) is 0 Å². The second-order valence-corrected chi connectivity index (χ2v) is 5.07. The largest absolute Gasteiger partial charge is 0.388 e. The molecule has 0 saturated carbocycles. The van der Waals surface area contributed by atoms with Gasteiger partial charge in [0.25, 0.3) is 0 Å². The van der Waals surface area contributed by atoms with Crippen molar-refractivity contribution in [3.05, 3.63) is 35.4 Å². The molecular weight excluding hydrogens is 245 g/mol. The molecule has 102 valence electrons. The molecule has 0 bridgehead atoms. The van der Waals surface area contributed by atoms with Crippen molar-refractivity contribution in [2.24, 2.45) is 5.92 Å². The smallest absolute Gasteiger partial charge is 0.164 e. The fourth-order valence-electron chi connectivity index (χ4n) is 2.01. The molecule has 19 heavy (non-hydrogen) atoms. The van der Waals surface area contributed by atoms with Crippen molar-refractivity contribution in [1.82, 2.24) is 14.8 Å². The molecule has 0 aliphatic heterocycles. The van der Waals surface area contributed by atoms with Gasteiger partial charge in [0.05, 0.1) is 0 Å². The van der Waals surface area contributed by atoms with Crippen LogP contribution in [0.5, 0.6) is 0 Å². The van der Waals surface area contributed by atoms with Gasteiger partial charge in [-0.15, -0.1) is 10.2 Å². The molecule has 0 spiro atoms. The summed E-state index contributed by atoms with van der Waals surface area (Å²) in [5.74, 6) is 1.37. The monoisotopic (exact) mass is 263 g/mol. The predicted octanol–water partition coefficient (Wildman–Crippen LogP) is 2.54. The van der Waals surface area contributed by atoms with Gasteiger partial charge in [-0.25, -0.2) is 4.39 Å². The van der Waals surface area contributed by atoms with Crippen LogP contribution in [0.1, 0.15) is 25.2 Å². The molecule has 4 nitrogen and oxygen atoms in total. The van der Waals surface area contributed by atoms with Crippen molar-refractivity contribution in [3.63, 3.8) is 0 Å². The summed E-state index contributed by atoms with van der Waals surface area (Å²) in [4.78, 5) is 0. The maximum atomic E-state index is 13.3. The van der Waals surface area contributed by atoms with Crippen LogP contribution in [0, 0.1) is 18.7 Å². The second kappa shape index (κ2) is 5.48. The number of nitrogens with zero attached hydrogens (tertiary/aromatic N) is 3. The van der Waals surface area contributed by atoms with Crippen molar-refractivity contribution in [2.75, 3.05) is 0 Å². The van der Waals surface area contributed by atoms with Crippen LogP contribution in [0.15, 0.2) is 18.2 Å². The number of hydrogen-bond donors (Lipinski definition) is 1.